The zero-order chi connectivity index (χ0) is 18.6. The lowest BCUT2D eigenvalue weighted by atomic mass is 9.43. The molecule has 5 heteroatoms. The lowest BCUT2D eigenvalue weighted by Crippen LogP contribution is -2.80. The summed E-state index contributed by atoms with van der Waals surface area (Å²) in [7, 11) is 3.70. The van der Waals surface area contributed by atoms with Gasteiger partial charge in [0.15, 0.2) is 5.72 Å². The first-order chi connectivity index (χ1) is 13.1. The van der Waals surface area contributed by atoms with Crippen molar-refractivity contribution in [2.24, 2.45) is 11.3 Å². The molecule has 5 aliphatic rings. The second-order valence-corrected chi connectivity index (χ2v) is 8.82. The topological polar surface area (TPSA) is 42.0 Å². The van der Waals surface area contributed by atoms with Gasteiger partial charge in [-0.25, -0.2) is 0 Å². The van der Waals surface area contributed by atoms with Crippen LogP contribution in [-0.4, -0.2) is 56.5 Å². The molecule has 0 spiro atoms. The zero-order valence-electron chi connectivity index (χ0n) is 16.2. The highest BCUT2D eigenvalue weighted by Gasteiger charge is 2.86. The summed E-state index contributed by atoms with van der Waals surface area (Å²) in [4.78, 5) is 18.5. The summed E-state index contributed by atoms with van der Waals surface area (Å²) in [5.74, 6) is 0.0966. The lowest BCUT2D eigenvalue weighted by molar-refractivity contribution is -0.183. The van der Waals surface area contributed by atoms with Crippen molar-refractivity contribution in [3.8, 4) is 0 Å². The van der Waals surface area contributed by atoms with Crippen molar-refractivity contribution in [1.29, 1.82) is 0 Å². The van der Waals surface area contributed by atoms with E-state index in [-0.39, 0.29) is 17.3 Å². The van der Waals surface area contributed by atoms with E-state index in [1.807, 2.05) is 0 Å². The molecule has 5 nitrogen and oxygen atoms in total. The molecule has 4 fully saturated rings. The number of esters is 1. The monoisotopic (exact) mass is 366 g/mol. The Morgan fingerprint density at radius 2 is 2.19 bits per heavy atom. The molecule has 3 saturated heterocycles. The van der Waals surface area contributed by atoms with Crippen LogP contribution in [0.15, 0.2) is 35.9 Å². The maximum Gasteiger partial charge on any atom is 0.315 e. The van der Waals surface area contributed by atoms with Crippen molar-refractivity contribution < 1.29 is 14.3 Å². The van der Waals surface area contributed by atoms with Crippen LogP contribution in [0.1, 0.15) is 25.3 Å². The Balaban J connectivity index is 1.75. The van der Waals surface area contributed by atoms with Gasteiger partial charge in [-0.1, -0.05) is 29.8 Å². The van der Waals surface area contributed by atoms with Crippen LogP contribution in [-0.2, 0) is 19.7 Å². The van der Waals surface area contributed by atoms with Gasteiger partial charge in [0.25, 0.3) is 0 Å². The molecule has 4 heterocycles. The van der Waals surface area contributed by atoms with Gasteiger partial charge >= 0.3 is 5.97 Å². The fraction of sp³-hybridized carbons (Fsp3) is 0.591. The highest BCUT2D eigenvalue weighted by Crippen LogP contribution is 2.76. The van der Waals surface area contributed by atoms with E-state index in [0.29, 0.717) is 12.6 Å². The van der Waals surface area contributed by atoms with Crippen molar-refractivity contribution in [1.82, 2.24) is 4.90 Å². The first kappa shape index (κ1) is 16.1. The predicted octanol–water partition coefficient (Wildman–Crippen LogP) is 2.31. The summed E-state index contributed by atoms with van der Waals surface area (Å²) in [6, 6.07) is 8.92. The first-order valence-corrected chi connectivity index (χ1v) is 10.0. The Morgan fingerprint density at radius 1 is 1.37 bits per heavy atom. The summed E-state index contributed by atoms with van der Waals surface area (Å²) in [6.45, 7) is 4.50. The molecule has 0 N–H and O–H groups in total. The zero-order valence-corrected chi connectivity index (χ0v) is 16.2. The van der Waals surface area contributed by atoms with Gasteiger partial charge in [0, 0.05) is 31.7 Å². The van der Waals surface area contributed by atoms with Crippen molar-refractivity contribution in [2.45, 2.75) is 36.9 Å². The van der Waals surface area contributed by atoms with Crippen LogP contribution in [0.4, 0.5) is 5.69 Å². The first-order valence-electron chi connectivity index (χ1n) is 10.0. The van der Waals surface area contributed by atoms with E-state index in [1.54, 1.807) is 0 Å². The summed E-state index contributed by atoms with van der Waals surface area (Å²) >= 11 is 0. The van der Waals surface area contributed by atoms with Gasteiger partial charge in [0.05, 0.1) is 25.2 Å². The molecule has 1 aromatic carbocycles. The second-order valence-electron chi connectivity index (χ2n) is 8.82. The third-order valence-corrected chi connectivity index (χ3v) is 8.59. The largest absolute Gasteiger partial charge is 0.468 e. The molecule has 6 rings (SSSR count). The molecule has 0 radical (unpaired) electrons. The number of ether oxygens (including phenoxy) is 2. The molecule has 5 atom stereocenters. The van der Waals surface area contributed by atoms with Crippen molar-refractivity contribution in [3.63, 3.8) is 0 Å². The van der Waals surface area contributed by atoms with Gasteiger partial charge in [-0.15, -0.1) is 0 Å². The third kappa shape index (κ3) is 1.34. The van der Waals surface area contributed by atoms with E-state index in [1.165, 1.54) is 23.9 Å². The number of hydrogen-bond donors (Lipinski definition) is 0. The number of nitrogens with zero attached hydrogens (tertiary/aromatic N) is 2. The van der Waals surface area contributed by atoms with Gasteiger partial charge in [-0.2, -0.15) is 0 Å². The van der Waals surface area contributed by atoms with Gasteiger partial charge in [0.2, 0.25) is 0 Å². The standard InChI is InChI=1S/C22H26N2O3/c1-4-14-12-24-10-9-21-15-7-5-6-8-17(15)23(2)22(21)18(24)11-16(14)20(21,13-27-22)19(25)26-3/h4-8,16,18H,9-13H2,1-3H3/b14-4-/t16-,18?,20-,21-,22+/m0/s1. The van der Waals surface area contributed by atoms with Crippen LogP contribution in [0.2, 0.25) is 0 Å². The summed E-state index contributed by atoms with van der Waals surface area (Å²) in [6.07, 6.45) is 4.13. The van der Waals surface area contributed by atoms with Crippen LogP contribution >= 0.6 is 0 Å². The summed E-state index contributed by atoms with van der Waals surface area (Å²) in [5.41, 5.74) is 2.40. The number of benzene rings is 1. The molecular weight excluding hydrogens is 340 g/mol. The van der Waals surface area contributed by atoms with E-state index in [0.717, 1.165) is 25.9 Å². The number of fused-ring (bicyclic) bond motifs is 3. The minimum atomic E-state index is -0.645. The van der Waals surface area contributed by atoms with Gasteiger partial charge in [0.1, 0.15) is 5.41 Å². The molecule has 0 aromatic heterocycles. The number of likely N-dealkylation sites (N-methyl/N-ethyl adjacent to an activating group) is 1. The highest BCUT2D eigenvalue weighted by molar-refractivity contribution is 5.86. The number of carbonyl (C=O) groups excluding carboxylic acids is 1. The quantitative estimate of drug-likeness (QED) is 0.564. The highest BCUT2D eigenvalue weighted by atomic mass is 16.6. The average Bonchev–Trinajstić information content (AvgIpc) is 3.09. The van der Waals surface area contributed by atoms with E-state index in [2.05, 4.69) is 54.1 Å². The lowest BCUT2D eigenvalue weighted by Gasteiger charge is -2.66. The maximum atomic E-state index is 13.6. The number of carbonyl (C=O) groups is 1. The smallest absolute Gasteiger partial charge is 0.315 e. The Kier molecular flexibility index (Phi) is 2.84. The number of allylic oxidation sites excluding steroid dienone is 1. The third-order valence-electron chi connectivity index (χ3n) is 8.59. The fourth-order valence-corrected chi connectivity index (χ4v) is 7.75. The molecule has 1 unspecified atom stereocenters. The molecule has 4 aliphatic heterocycles. The minimum absolute atomic E-state index is 0.0902. The molecule has 0 amide bonds. The van der Waals surface area contributed by atoms with Gasteiger partial charge in [-0.05, 0) is 31.4 Å². The molecule has 1 aromatic rings. The van der Waals surface area contributed by atoms with Gasteiger partial charge in [-0.3, -0.25) is 9.69 Å². The SMILES string of the molecule is C/C=C1/CN2CC[C@@]34c5ccccc5N(C)[C@]35OC[C@@]4(C(=O)OC)[C@H]1CC25. The average molecular weight is 366 g/mol. The summed E-state index contributed by atoms with van der Waals surface area (Å²) < 4.78 is 12.3. The second kappa shape index (κ2) is 4.76. The summed E-state index contributed by atoms with van der Waals surface area (Å²) in [5, 5.41) is 0. The molecule has 5 bridgehead atoms. The molecule has 142 valence electrons. The normalized spacial score (nSPS) is 45.1. The Labute approximate surface area is 159 Å². The molecule has 1 aliphatic carbocycles. The Bertz CT molecular complexity index is 897. The van der Waals surface area contributed by atoms with E-state index < -0.39 is 11.1 Å². The van der Waals surface area contributed by atoms with Crippen LogP contribution in [0.25, 0.3) is 0 Å². The van der Waals surface area contributed by atoms with Crippen LogP contribution in [0.5, 0.6) is 0 Å². The van der Waals surface area contributed by atoms with Crippen LogP contribution < -0.4 is 4.90 Å². The molecular formula is C22H26N2O3. The number of piperidine rings is 2. The number of hydrogen-bond acceptors (Lipinski definition) is 5. The van der Waals surface area contributed by atoms with E-state index in [4.69, 9.17) is 9.47 Å². The Hall–Kier alpha value is -1.85. The number of methoxy groups -OCH3 is 1. The van der Waals surface area contributed by atoms with E-state index >= 15 is 0 Å². The van der Waals surface area contributed by atoms with Crippen molar-refractivity contribution in [2.75, 3.05) is 38.8 Å². The van der Waals surface area contributed by atoms with E-state index in [9.17, 15) is 4.79 Å². The minimum Gasteiger partial charge on any atom is -0.468 e. The van der Waals surface area contributed by atoms with Gasteiger partial charge < -0.3 is 14.4 Å². The van der Waals surface area contributed by atoms with Crippen LogP contribution in [0, 0.1) is 11.3 Å². The Morgan fingerprint density at radius 3 is 2.96 bits per heavy atom. The number of anilines is 1. The predicted molar refractivity (Wildman–Crippen MR) is 101 cm³/mol. The van der Waals surface area contributed by atoms with Crippen molar-refractivity contribution >= 4 is 11.7 Å². The molecule has 27 heavy (non-hydrogen) atoms. The maximum absolute atomic E-state index is 13.6. The van der Waals surface area contributed by atoms with Crippen LogP contribution in [0.3, 0.4) is 0 Å². The fourth-order valence-electron chi connectivity index (χ4n) is 7.75. The number of para-hydroxylation sites is 1. The molecule has 1 saturated carbocycles. The number of rotatable bonds is 1. The van der Waals surface area contributed by atoms with Crippen molar-refractivity contribution in [3.05, 3.63) is 41.5 Å².